The molecular weight excluding hydrogens is 408 g/mol. The molecule has 1 saturated heterocycles. The zero-order chi connectivity index (χ0) is 22.5. The van der Waals surface area contributed by atoms with Crippen LogP contribution in [-0.2, 0) is 16.6 Å². The lowest BCUT2D eigenvalue weighted by atomic mass is 10.0. The van der Waals surface area contributed by atoms with Crippen molar-refractivity contribution < 1.29 is 14.4 Å². The lowest BCUT2D eigenvalue weighted by Gasteiger charge is -2.32. The van der Waals surface area contributed by atoms with Crippen molar-refractivity contribution in [3.8, 4) is 0 Å². The maximum Gasteiger partial charge on any atom is 0.254 e. The summed E-state index contributed by atoms with van der Waals surface area (Å²) in [4.78, 5) is 39.1. The number of hydrogen-bond acceptors (Lipinski definition) is 5. The molecule has 168 valence electrons. The minimum absolute atomic E-state index is 0.0261. The highest BCUT2D eigenvalue weighted by molar-refractivity contribution is 6.02. The predicted octanol–water partition coefficient (Wildman–Crippen LogP) is 1.56. The van der Waals surface area contributed by atoms with E-state index in [1.54, 1.807) is 22.8 Å². The summed E-state index contributed by atoms with van der Waals surface area (Å²) in [5, 5.41) is 12.9. The number of hydrazone groups is 1. The number of aryl methyl sites for hydroxylation is 1. The average molecular weight is 437 g/mol. The van der Waals surface area contributed by atoms with E-state index in [1.165, 1.54) is 11.2 Å². The number of carbonyl (C=O) groups excluding carboxylic acids is 3. The van der Waals surface area contributed by atoms with E-state index in [-0.39, 0.29) is 36.6 Å². The number of aromatic nitrogens is 2. The van der Waals surface area contributed by atoms with E-state index < -0.39 is 0 Å². The van der Waals surface area contributed by atoms with Gasteiger partial charge in [0.15, 0.2) is 0 Å². The third-order valence-corrected chi connectivity index (χ3v) is 5.90. The third-order valence-electron chi connectivity index (χ3n) is 5.90. The molecule has 3 amide bonds. The normalized spacial score (nSPS) is 16.7. The van der Waals surface area contributed by atoms with Gasteiger partial charge in [0.2, 0.25) is 11.8 Å². The van der Waals surface area contributed by atoms with Gasteiger partial charge in [-0.25, -0.2) is 5.01 Å². The van der Waals surface area contributed by atoms with Gasteiger partial charge in [0.25, 0.3) is 5.91 Å². The van der Waals surface area contributed by atoms with Crippen molar-refractivity contribution in [2.24, 2.45) is 12.1 Å². The molecule has 32 heavy (non-hydrogen) atoms. The van der Waals surface area contributed by atoms with E-state index in [0.29, 0.717) is 38.0 Å². The summed E-state index contributed by atoms with van der Waals surface area (Å²) in [7, 11) is 1.77. The monoisotopic (exact) mass is 436 g/mol. The van der Waals surface area contributed by atoms with Crippen LogP contribution in [0, 0.1) is 0 Å². The number of rotatable bonds is 6. The minimum atomic E-state index is -0.144. The number of likely N-dealkylation sites (tertiary alicyclic amines) is 1. The van der Waals surface area contributed by atoms with Gasteiger partial charge >= 0.3 is 0 Å². The standard InChI is InChI=1S/C23H28N6O3/c1-27-16-18(15-24-27)23(32)25-19-9-12-28(13-10-19)21(30)7-8-22(31)29-14-11-20(26-29)17-5-3-2-4-6-17/h2-6,15-16,19H,7-14H2,1H3,(H,25,32). The molecule has 3 heterocycles. The summed E-state index contributed by atoms with van der Waals surface area (Å²) in [6.45, 7) is 1.70. The molecular formula is C23H28N6O3. The number of piperidine rings is 1. The molecule has 0 unspecified atom stereocenters. The van der Waals surface area contributed by atoms with Gasteiger partial charge in [0.1, 0.15) is 0 Å². The highest BCUT2D eigenvalue weighted by atomic mass is 16.2. The van der Waals surface area contributed by atoms with Crippen LogP contribution in [0.2, 0.25) is 0 Å². The Kier molecular flexibility index (Phi) is 6.63. The quantitative estimate of drug-likeness (QED) is 0.743. The van der Waals surface area contributed by atoms with Crippen molar-refractivity contribution in [2.75, 3.05) is 19.6 Å². The van der Waals surface area contributed by atoms with Crippen LogP contribution in [0.1, 0.15) is 48.0 Å². The molecule has 9 nitrogen and oxygen atoms in total. The second-order valence-electron chi connectivity index (χ2n) is 8.21. The van der Waals surface area contributed by atoms with Crippen molar-refractivity contribution in [3.63, 3.8) is 0 Å². The molecule has 1 aromatic carbocycles. The Bertz CT molecular complexity index is 1010. The largest absolute Gasteiger partial charge is 0.349 e. The Morgan fingerprint density at radius 2 is 1.75 bits per heavy atom. The van der Waals surface area contributed by atoms with Gasteiger partial charge in [-0.05, 0) is 18.4 Å². The highest BCUT2D eigenvalue weighted by Gasteiger charge is 2.26. The molecule has 1 fully saturated rings. The lowest BCUT2D eigenvalue weighted by Crippen LogP contribution is -2.46. The van der Waals surface area contributed by atoms with E-state index in [9.17, 15) is 14.4 Å². The minimum Gasteiger partial charge on any atom is -0.349 e. The van der Waals surface area contributed by atoms with Gasteiger partial charge in [-0.1, -0.05) is 30.3 Å². The first-order chi connectivity index (χ1) is 15.5. The van der Waals surface area contributed by atoms with Crippen molar-refractivity contribution in [3.05, 3.63) is 53.9 Å². The van der Waals surface area contributed by atoms with Crippen LogP contribution in [0.5, 0.6) is 0 Å². The molecule has 1 N–H and O–H groups in total. The Labute approximate surface area is 187 Å². The number of nitrogens with zero attached hydrogens (tertiary/aromatic N) is 5. The molecule has 9 heteroatoms. The van der Waals surface area contributed by atoms with Crippen LogP contribution in [0.3, 0.4) is 0 Å². The van der Waals surface area contributed by atoms with E-state index in [2.05, 4.69) is 15.5 Å². The molecule has 0 radical (unpaired) electrons. The van der Waals surface area contributed by atoms with Crippen molar-refractivity contribution in [1.82, 2.24) is 25.0 Å². The molecule has 1 aromatic heterocycles. The van der Waals surface area contributed by atoms with Crippen LogP contribution in [0.4, 0.5) is 0 Å². The smallest absolute Gasteiger partial charge is 0.254 e. The summed E-state index contributed by atoms with van der Waals surface area (Å²) < 4.78 is 1.59. The number of hydrogen-bond donors (Lipinski definition) is 1. The zero-order valence-electron chi connectivity index (χ0n) is 18.2. The van der Waals surface area contributed by atoms with E-state index in [0.717, 1.165) is 17.7 Å². The average Bonchev–Trinajstić information content (AvgIpc) is 3.48. The highest BCUT2D eigenvalue weighted by Crippen LogP contribution is 2.17. The molecule has 4 rings (SSSR count). The molecule has 2 aliphatic rings. The number of amides is 3. The SMILES string of the molecule is Cn1cc(C(=O)NC2CCN(C(=O)CCC(=O)N3CCC(c4ccccc4)=N3)CC2)cn1. The van der Waals surface area contributed by atoms with E-state index in [4.69, 9.17) is 0 Å². The van der Waals surface area contributed by atoms with Crippen LogP contribution in [0.25, 0.3) is 0 Å². The summed E-state index contributed by atoms with van der Waals surface area (Å²) in [6, 6.07) is 9.86. The lowest BCUT2D eigenvalue weighted by molar-refractivity contribution is -0.137. The fourth-order valence-electron chi connectivity index (χ4n) is 4.05. The van der Waals surface area contributed by atoms with Gasteiger partial charge in [-0.3, -0.25) is 19.1 Å². The second kappa shape index (κ2) is 9.76. The molecule has 0 atom stereocenters. The number of carbonyl (C=O) groups is 3. The fraction of sp³-hybridized carbons (Fsp3) is 0.435. The Balaban J connectivity index is 1.19. The molecule has 0 aliphatic carbocycles. The summed E-state index contributed by atoms with van der Waals surface area (Å²) >= 11 is 0. The van der Waals surface area contributed by atoms with Crippen molar-refractivity contribution in [1.29, 1.82) is 0 Å². The molecule has 0 bridgehead atoms. The maximum absolute atomic E-state index is 12.6. The first kappa shape index (κ1) is 21.7. The number of nitrogens with one attached hydrogen (secondary N) is 1. The van der Waals surface area contributed by atoms with Gasteiger partial charge < -0.3 is 10.2 Å². The summed E-state index contributed by atoms with van der Waals surface area (Å²) in [6.07, 6.45) is 5.67. The first-order valence-corrected chi connectivity index (χ1v) is 11.0. The first-order valence-electron chi connectivity index (χ1n) is 11.0. The summed E-state index contributed by atoms with van der Waals surface area (Å²) in [5.41, 5.74) is 2.46. The molecule has 0 spiro atoms. The summed E-state index contributed by atoms with van der Waals surface area (Å²) in [5.74, 6) is -0.292. The Hall–Kier alpha value is -3.49. The third kappa shape index (κ3) is 5.22. The molecule has 2 aromatic rings. The van der Waals surface area contributed by atoms with Crippen molar-refractivity contribution >= 4 is 23.4 Å². The predicted molar refractivity (Wildman–Crippen MR) is 119 cm³/mol. The van der Waals surface area contributed by atoms with Crippen LogP contribution < -0.4 is 5.32 Å². The topological polar surface area (TPSA) is 99.9 Å². The van der Waals surface area contributed by atoms with Crippen LogP contribution in [-0.4, -0.2) is 68.8 Å². The number of benzene rings is 1. The van der Waals surface area contributed by atoms with Crippen molar-refractivity contribution in [2.45, 2.75) is 38.1 Å². The van der Waals surface area contributed by atoms with Gasteiger partial charge in [-0.15, -0.1) is 0 Å². The Morgan fingerprint density at radius 3 is 2.44 bits per heavy atom. The van der Waals surface area contributed by atoms with Gasteiger partial charge in [-0.2, -0.15) is 10.2 Å². The maximum atomic E-state index is 12.6. The van der Waals surface area contributed by atoms with Crippen LogP contribution >= 0.6 is 0 Å². The molecule has 2 aliphatic heterocycles. The van der Waals surface area contributed by atoms with E-state index >= 15 is 0 Å². The molecule has 0 saturated carbocycles. The Morgan fingerprint density at radius 1 is 1.03 bits per heavy atom. The zero-order valence-corrected chi connectivity index (χ0v) is 18.2. The second-order valence-corrected chi connectivity index (χ2v) is 8.21. The van der Waals surface area contributed by atoms with Gasteiger partial charge in [0, 0.05) is 51.6 Å². The van der Waals surface area contributed by atoms with Gasteiger partial charge in [0.05, 0.1) is 24.0 Å². The van der Waals surface area contributed by atoms with Crippen LogP contribution in [0.15, 0.2) is 47.8 Å². The fourth-order valence-corrected chi connectivity index (χ4v) is 4.05. The van der Waals surface area contributed by atoms with E-state index in [1.807, 2.05) is 30.3 Å².